The van der Waals surface area contributed by atoms with Crippen LogP contribution in [0.3, 0.4) is 0 Å². The number of hydrogen-bond donors (Lipinski definition) is 3. The molecule has 0 aromatic heterocycles. The van der Waals surface area contributed by atoms with Crippen molar-refractivity contribution < 1.29 is 14.5 Å². The van der Waals surface area contributed by atoms with Crippen molar-refractivity contribution in [2.75, 3.05) is 18.9 Å². The predicted molar refractivity (Wildman–Crippen MR) is 87.5 cm³/mol. The molecule has 1 aromatic rings. The first-order chi connectivity index (χ1) is 10.4. The number of hydrogen-bond acceptors (Lipinski definition) is 2. The van der Waals surface area contributed by atoms with Crippen LogP contribution in [0.2, 0.25) is 10.0 Å². The molecule has 0 aliphatic heterocycles. The Hall–Kier alpha value is -1.30. The van der Waals surface area contributed by atoms with Gasteiger partial charge in [-0.1, -0.05) is 29.3 Å². The highest BCUT2D eigenvalue weighted by molar-refractivity contribution is 6.39. The highest BCUT2D eigenvalue weighted by Crippen LogP contribution is 2.29. The van der Waals surface area contributed by atoms with Crippen LogP contribution in [0.25, 0.3) is 0 Å². The van der Waals surface area contributed by atoms with E-state index < -0.39 is 0 Å². The number of anilines is 1. The van der Waals surface area contributed by atoms with Gasteiger partial charge in [-0.3, -0.25) is 9.59 Å². The van der Waals surface area contributed by atoms with E-state index in [1.165, 1.54) is 0 Å². The van der Waals surface area contributed by atoms with E-state index in [2.05, 4.69) is 10.6 Å². The third kappa shape index (κ3) is 4.60. The molecule has 0 heterocycles. The van der Waals surface area contributed by atoms with Crippen molar-refractivity contribution in [2.45, 2.75) is 31.8 Å². The Balaban J connectivity index is 1.89. The number of carbonyl (C=O) groups excluding carboxylic acids is 2. The van der Waals surface area contributed by atoms with Crippen molar-refractivity contribution in [3.63, 3.8) is 0 Å². The molecule has 3 N–H and O–H groups in total. The van der Waals surface area contributed by atoms with Crippen molar-refractivity contribution in [2.24, 2.45) is 0 Å². The monoisotopic (exact) mass is 344 g/mol. The molecule has 1 saturated carbocycles. The molecular weight excluding hydrogens is 325 g/mol. The van der Waals surface area contributed by atoms with Crippen LogP contribution in [-0.2, 0) is 9.59 Å². The highest BCUT2D eigenvalue weighted by atomic mass is 35.5. The van der Waals surface area contributed by atoms with Crippen LogP contribution < -0.4 is 15.5 Å². The molecule has 1 aliphatic carbocycles. The summed E-state index contributed by atoms with van der Waals surface area (Å²) in [5, 5.41) is 6.42. The molecule has 0 saturated heterocycles. The van der Waals surface area contributed by atoms with Gasteiger partial charge >= 0.3 is 0 Å². The highest BCUT2D eigenvalue weighted by Gasteiger charge is 2.30. The SMILES string of the molecule is C[C@H](C(=O)NC1CC1)[NH+](C)CC(=O)Nc1c(Cl)cccc1Cl. The van der Waals surface area contributed by atoms with Gasteiger partial charge in [0.15, 0.2) is 12.6 Å². The van der Waals surface area contributed by atoms with Crippen LogP contribution in [0.15, 0.2) is 18.2 Å². The van der Waals surface area contributed by atoms with E-state index in [4.69, 9.17) is 23.2 Å². The summed E-state index contributed by atoms with van der Waals surface area (Å²) < 4.78 is 0. The topological polar surface area (TPSA) is 62.6 Å². The van der Waals surface area contributed by atoms with E-state index in [1.54, 1.807) is 18.2 Å². The molecule has 0 spiro atoms. The number of para-hydroxylation sites is 1. The first-order valence-electron chi connectivity index (χ1n) is 7.25. The summed E-state index contributed by atoms with van der Waals surface area (Å²) in [5.74, 6) is -0.262. The van der Waals surface area contributed by atoms with E-state index in [9.17, 15) is 9.59 Å². The maximum atomic E-state index is 12.1. The third-order valence-electron chi connectivity index (χ3n) is 3.72. The fourth-order valence-electron chi connectivity index (χ4n) is 1.98. The number of halogens is 2. The molecule has 2 atom stereocenters. The Kier molecular flexibility index (Phi) is 5.67. The minimum atomic E-state index is -0.298. The molecule has 7 heteroatoms. The zero-order valence-electron chi connectivity index (χ0n) is 12.6. The van der Waals surface area contributed by atoms with Gasteiger partial charge in [0.1, 0.15) is 0 Å². The summed E-state index contributed by atoms with van der Waals surface area (Å²) in [6.07, 6.45) is 2.09. The predicted octanol–water partition coefficient (Wildman–Crippen LogP) is 1.11. The average molecular weight is 345 g/mol. The quantitative estimate of drug-likeness (QED) is 0.723. The van der Waals surface area contributed by atoms with Crippen molar-refractivity contribution in [3.8, 4) is 0 Å². The number of rotatable bonds is 6. The minimum Gasteiger partial charge on any atom is -0.348 e. The van der Waals surface area contributed by atoms with Crippen LogP contribution in [0, 0.1) is 0 Å². The van der Waals surface area contributed by atoms with Crippen molar-refractivity contribution in [3.05, 3.63) is 28.2 Å². The molecular formula is C15H20Cl2N3O2+. The standard InChI is InChI=1S/C15H19Cl2N3O2/c1-9(15(22)18-10-6-7-10)20(2)8-13(21)19-14-11(16)4-3-5-12(14)17/h3-5,9-10H,6-8H2,1-2H3,(H,18,22)(H,19,21)/p+1/t9-/m1/s1. The number of benzene rings is 1. The van der Waals surface area contributed by atoms with Gasteiger partial charge in [-0.15, -0.1) is 0 Å². The smallest absolute Gasteiger partial charge is 0.279 e. The van der Waals surface area contributed by atoms with E-state index >= 15 is 0 Å². The lowest BCUT2D eigenvalue weighted by molar-refractivity contribution is -0.885. The number of likely N-dealkylation sites (N-methyl/N-ethyl adjacent to an activating group) is 1. The molecule has 0 radical (unpaired) electrons. The lowest BCUT2D eigenvalue weighted by Gasteiger charge is -2.20. The number of nitrogens with one attached hydrogen (secondary N) is 3. The fraction of sp³-hybridized carbons (Fsp3) is 0.467. The summed E-state index contributed by atoms with van der Waals surface area (Å²) in [4.78, 5) is 24.9. The van der Waals surface area contributed by atoms with E-state index in [0.29, 0.717) is 21.8 Å². The van der Waals surface area contributed by atoms with Crippen molar-refractivity contribution >= 4 is 40.7 Å². The molecule has 120 valence electrons. The molecule has 1 aliphatic rings. The van der Waals surface area contributed by atoms with Gasteiger partial charge in [0.2, 0.25) is 0 Å². The summed E-state index contributed by atoms with van der Waals surface area (Å²) in [6, 6.07) is 5.05. The van der Waals surface area contributed by atoms with Gasteiger partial charge in [0, 0.05) is 6.04 Å². The zero-order valence-corrected chi connectivity index (χ0v) is 14.1. The Morgan fingerprint density at radius 2 is 1.91 bits per heavy atom. The Bertz CT molecular complexity index is 556. The Morgan fingerprint density at radius 1 is 1.32 bits per heavy atom. The Labute approximate surface area is 139 Å². The molecule has 1 aromatic carbocycles. The maximum absolute atomic E-state index is 12.1. The van der Waals surface area contributed by atoms with Gasteiger partial charge in [0.25, 0.3) is 11.8 Å². The molecule has 5 nitrogen and oxygen atoms in total. The zero-order chi connectivity index (χ0) is 16.3. The fourth-order valence-corrected chi connectivity index (χ4v) is 2.48. The van der Waals surface area contributed by atoms with Crippen LogP contribution in [0.4, 0.5) is 5.69 Å². The minimum absolute atomic E-state index is 0.0245. The van der Waals surface area contributed by atoms with E-state index in [1.807, 2.05) is 14.0 Å². The number of amides is 2. The second kappa shape index (κ2) is 7.31. The summed E-state index contributed by atoms with van der Waals surface area (Å²) in [7, 11) is 1.81. The third-order valence-corrected chi connectivity index (χ3v) is 4.35. The van der Waals surface area contributed by atoms with Gasteiger partial charge in [0.05, 0.1) is 22.8 Å². The molecule has 2 rings (SSSR count). The first-order valence-corrected chi connectivity index (χ1v) is 8.00. The van der Waals surface area contributed by atoms with Gasteiger partial charge in [-0.05, 0) is 31.9 Å². The molecule has 1 unspecified atom stereocenters. The van der Waals surface area contributed by atoms with Crippen LogP contribution in [0.5, 0.6) is 0 Å². The molecule has 1 fully saturated rings. The van der Waals surface area contributed by atoms with Crippen LogP contribution in [-0.4, -0.2) is 37.5 Å². The average Bonchev–Trinajstić information content (AvgIpc) is 3.26. The first kappa shape index (κ1) is 17.1. The van der Waals surface area contributed by atoms with Crippen LogP contribution in [0.1, 0.15) is 19.8 Å². The largest absolute Gasteiger partial charge is 0.348 e. The lowest BCUT2D eigenvalue weighted by atomic mass is 10.2. The van der Waals surface area contributed by atoms with Gasteiger partial charge < -0.3 is 15.5 Å². The second-order valence-electron chi connectivity index (χ2n) is 5.67. The van der Waals surface area contributed by atoms with E-state index in [0.717, 1.165) is 17.7 Å². The van der Waals surface area contributed by atoms with Gasteiger partial charge in [-0.2, -0.15) is 0 Å². The summed E-state index contributed by atoms with van der Waals surface area (Å²) >= 11 is 12.0. The molecule has 0 bridgehead atoms. The van der Waals surface area contributed by atoms with Crippen molar-refractivity contribution in [1.29, 1.82) is 0 Å². The normalized spacial score (nSPS) is 16.7. The Morgan fingerprint density at radius 3 is 2.45 bits per heavy atom. The lowest BCUT2D eigenvalue weighted by Crippen LogP contribution is -3.15. The molecule has 2 amide bonds. The van der Waals surface area contributed by atoms with Gasteiger partial charge in [-0.25, -0.2) is 0 Å². The second-order valence-corrected chi connectivity index (χ2v) is 6.49. The maximum Gasteiger partial charge on any atom is 0.279 e. The van der Waals surface area contributed by atoms with Crippen LogP contribution >= 0.6 is 23.2 Å². The summed E-state index contributed by atoms with van der Waals surface area (Å²) in [5.41, 5.74) is 0.402. The summed E-state index contributed by atoms with van der Waals surface area (Å²) in [6.45, 7) is 1.96. The number of carbonyl (C=O) groups is 2. The van der Waals surface area contributed by atoms with Crippen molar-refractivity contribution in [1.82, 2.24) is 5.32 Å². The van der Waals surface area contributed by atoms with E-state index in [-0.39, 0.29) is 24.4 Å². The molecule has 22 heavy (non-hydrogen) atoms. The number of quaternary nitrogens is 1.